The number of anilines is 2. The fourth-order valence-electron chi connectivity index (χ4n) is 6.03. The Kier molecular flexibility index (Phi) is 7.34. The molecule has 238 valence electrons. The van der Waals surface area contributed by atoms with Crippen LogP contribution < -0.4 is 24.4 Å². The predicted octanol–water partition coefficient (Wildman–Crippen LogP) is 8.02. The monoisotopic (exact) mass is 638 g/mol. The molecule has 47 heavy (non-hydrogen) atoms. The van der Waals surface area contributed by atoms with Crippen molar-refractivity contribution >= 4 is 34.6 Å². The molecular weight excluding hydrogens is 609 g/mol. The van der Waals surface area contributed by atoms with Crippen molar-refractivity contribution in [1.82, 2.24) is 9.78 Å². The van der Waals surface area contributed by atoms with Gasteiger partial charge in [0.1, 0.15) is 0 Å². The van der Waals surface area contributed by atoms with E-state index in [0.717, 1.165) is 40.3 Å². The lowest BCUT2D eigenvalue weighted by Crippen LogP contribution is -2.46. The van der Waals surface area contributed by atoms with Crippen LogP contribution in [0.1, 0.15) is 28.4 Å². The normalized spacial score (nSPS) is 15.1. The van der Waals surface area contributed by atoms with Gasteiger partial charge in [0.2, 0.25) is 5.75 Å². The van der Waals surface area contributed by atoms with Gasteiger partial charge in [-0.3, -0.25) is 0 Å². The minimum Gasteiger partial charge on any atom is -0.493 e. The molecule has 2 aliphatic rings. The summed E-state index contributed by atoms with van der Waals surface area (Å²) in [4.78, 5) is 12.0. The molecule has 1 atom stereocenters. The average molecular weight is 639 g/mol. The third kappa shape index (κ3) is 5.11. The van der Waals surface area contributed by atoms with Crippen molar-refractivity contribution in [2.24, 2.45) is 9.98 Å². The molecule has 5 aromatic rings. The minimum atomic E-state index is -4.51. The van der Waals surface area contributed by atoms with E-state index in [-0.39, 0.29) is 11.5 Å². The van der Waals surface area contributed by atoms with E-state index in [2.05, 4.69) is 5.32 Å². The summed E-state index contributed by atoms with van der Waals surface area (Å²) in [6.45, 7) is 1.93. The zero-order valence-corrected chi connectivity index (χ0v) is 25.8. The highest BCUT2D eigenvalue weighted by Crippen LogP contribution is 2.50. The molecule has 1 unspecified atom stereocenters. The number of rotatable bonds is 6. The summed E-state index contributed by atoms with van der Waals surface area (Å²) in [6.07, 6.45) is -4.51. The largest absolute Gasteiger partial charge is 0.493 e. The van der Waals surface area contributed by atoms with Crippen LogP contribution in [0, 0.1) is 6.92 Å². The predicted molar refractivity (Wildman–Crippen MR) is 174 cm³/mol. The van der Waals surface area contributed by atoms with Gasteiger partial charge in [-0.15, -0.1) is 0 Å². The first-order valence-corrected chi connectivity index (χ1v) is 14.7. The summed E-state index contributed by atoms with van der Waals surface area (Å²) in [6, 6.07) is 25.4. The van der Waals surface area contributed by atoms with E-state index < -0.39 is 17.8 Å². The van der Waals surface area contributed by atoms with E-state index in [1.165, 1.54) is 6.07 Å². The molecule has 0 spiro atoms. The number of alkyl halides is 3. The number of nitrogens with one attached hydrogen (secondary N) is 1. The molecule has 3 heterocycles. The fraction of sp³-hybridized carbons (Fsp3) is 0.171. The topological polar surface area (TPSA) is 85.5 Å². The maximum Gasteiger partial charge on any atom is 0.416 e. The Morgan fingerprint density at radius 3 is 2.17 bits per heavy atom. The number of hydrogen-bond donors (Lipinski definition) is 1. The molecule has 12 heteroatoms. The number of hydrogen-bond acceptors (Lipinski definition) is 8. The van der Waals surface area contributed by atoms with Crippen molar-refractivity contribution < 1.29 is 27.4 Å². The van der Waals surface area contributed by atoms with Gasteiger partial charge in [0.05, 0.1) is 55.7 Å². The van der Waals surface area contributed by atoms with E-state index >= 15 is 0 Å². The van der Waals surface area contributed by atoms with Gasteiger partial charge >= 0.3 is 6.18 Å². The number of aromatic nitrogens is 2. The standard InChI is InChI=1S/C35H29F3N6O3/c1-20-29-30(21-17-27(45-2)31(47-4)28(18-21)46-3)43-26-16-9-8-15-25(26)40-32(39-23-12-10-11-22(19-23)35(36,37)38)34(43)41-33(29)44(42-20)24-13-6-5-7-14-24/h5-19,30H,1-4H3,(H,39,40). The molecule has 0 radical (unpaired) electrons. The Bertz CT molecular complexity index is 2030. The van der Waals surface area contributed by atoms with Crippen LogP contribution in [0.25, 0.3) is 5.69 Å². The molecule has 0 saturated heterocycles. The Hall–Kier alpha value is -5.78. The third-order valence-corrected chi connectivity index (χ3v) is 8.09. The van der Waals surface area contributed by atoms with Crippen LogP contribution in [-0.4, -0.2) is 42.8 Å². The molecule has 0 amide bonds. The van der Waals surface area contributed by atoms with Crippen LogP contribution in [0.2, 0.25) is 0 Å². The van der Waals surface area contributed by atoms with Gasteiger partial charge in [-0.05, 0) is 67.1 Å². The van der Waals surface area contributed by atoms with E-state index in [1.807, 2.05) is 78.6 Å². The van der Waals surface area contributed by atoms with Gasteiger partial charge < -0.3 is 24.4 Å². The van der Waals surface area contributed by atoms with Crippen LogP contribution >= 0.6 is 0 Å². The second-order valence-corrected chi connectivity index (χ2v) is 10.9. The van der Waals surface area contributed by atoms with Gasteiger partial charge in [-0.25, -0.2) is 14.7 Å². The Morgan fingerprint density at radius 2 is 1.49 bits per heavy atom. The Labute approximate surface area is 268 Å². The Balaban J connectivity index is 1.50. The highest BCUT2D eigenvalue weighted by molar-refractivity contribution is 6.51. The highest BCUT2D eigenvalue weighted by atomic mass is 19.4. The smallest absolute Gasteiger partial charge is 0.416 e. The number of aryl methyl sites for hydroxylation is 1. The second kappa shape index (κ2) is 11.5. The molecule has 0 bridgehead atoms. The zero-order valence-electron chi connectivity index (χ0n) is 25.8. The lowest BCUT2D eigenvalue weighted by Gasteiger charge is -2.40. The van der Waals surface area contributed by atoms with Gasteiger partial charge in [0.25, 0.3) is 0 Å². The number of nitrogens with zero attached hydrogens (tertiary/aromatic N) is 5. The molecule has 9 nitrogen and oxygen atoms in total. The summed E-state index contributed by atoms with van der Waals surface area (Å²) in [5, 5.41) is 8.07. The van der Waals surface area contributed by atoms with E-state index in [9.17, 15) is 13.2 Å². The molecule has 2 aliphatic heterocycles. The van der Waals surface area contributed by atoms with E-state index in [4.69, 9.17) is 29.3 Å². The van der Waals surface area contributed by atoms with Gasteiger partial charge in [-0.2, -0.15) is 18.3 Å². The molecule has 1 aromatic heterocycles. The highest BCUT2D eigenvalue weighted by Gasteiger charge is 2.42. The number of methoxy groups -OCH3 is 3. The van der Waals surface area contributed by atoms with Crippen LogP contribution in [0.15, 0.2) is 101 Å². The van der Waals surface area contributed by atoms with Gasteiger partial charge in [0, 0.05) is 11.3 Å². The van der Waals surface area contributed by atoms with Crippen molar-refractivity contribution in [3.63, 3.8) is 0 Å². The van der Waals surface area contributed by atoms with Crippen molar-refractivity contribution in [3.05, 3.63) is 113 Å². The minimum absolute atomic E-state index is 0.212. The van der Waals surface area contributed by atoms with E-state index in [1.54, 1.807) is 32.1 Å². The number of halogens is 3. The summed E-state index contributed by atoms with van der Waals surface area (Å²) in [5.41, 5.74) is 3.91. The van der Waals surface area contributed by atoms with Gasteiger partial charge in [-0.1, -0.05) is 36.4 Å². The van der Waals surface area contributed by atoms with Crippen molar-refractivity contribution in [2.45, 2.75) is 19.1 Å². The SMILES string of the molecule is COc1cc(C2c3c(C)nn(-c4ccccc4)c3N=C3C(Nc4cccc(C(F)(F)F)c4)=Nc4ccccc4N32)cc(OC)c1OC. The van der Waals surface area contributed by atoms with E-state index in [0.29, 0.717) is 34.6 Å². The molecule has 1 N–H and O–H groups in total. The first kappa shape index (κ1) is 29.9. The number of amidine groups is 2. The molecule has 0 fully saturated rings. The second-order valence-electron chi connectivity index (χ2n) is 10.9. The first-order chi connectivity index (χ1) is 22.7. The molecular formula is C35H29F3N6O3. The van der Waals surface area contributed by atoms with Gasteiger partial charge in [0.15, 0.2) is 29.0 Å². The average Bonchev–Trinajstić information content (AvgIpc) is 3.42. The molecule has 0 aliphatic carbocycles. The summed E-state index contributed by atoms with van der Waals surface area (Å²) in [5.74, 6) is 2.57. The Morgan fingerprint density at radius 1 is 0.787 bits per heavy atom. The maximum absolute atomic E-state index is 13.7. The van der Waals surface area contributed by atoms with Crippen LogP contribution in [-0.2, 0) is 6.18 Å². The number of benzene rings is 4. The van der Waals surface area contributed by atoms with Crippen molar-refractivity contribution in [2.75, 3.05) is 31.5 Å². The lowest BCUT2D eigenvalue weighted by molar-refractivity contribution is -0.137. The molecule has 7 rings (SSSR count). The third-order valence-electron chi connectivity index (χ3n) is 8.09. The number of aliphatic imine (C=N–C) groups is 2. The summed E-state index contributed by atoms with van der Waals surface area (Å²) >= 11 is 0. The quantitative estimate of drug-likeness (QED) is 0.203. The zero-order chi connectivity index (χ0) is 32.9. The lowest BCUT2D eigenvalue weighted by atomic mass is 9.92. The van der Waals surface area contributed by atoms with Crippen LogP contribution in [0.4, 0.5) is 36.1 Å². The van der Waals surface area contributed by atoms with Crippen molar-refractivity contribution in [1.29, 1.82) is 0 Å². The molecule has 0 saturated carbocycles. The fourth-order valence-corrected chi connectivity index (χ4v) is 6.03. The number of fused-ring (bicyclic) bond motifs is 4. The summed E-state index contributed by atoms with van der Waals surface area (Å²) < 4.78 is 59.9. The van der Waals surface area contributed by atoms with Crippen LogP contribution in [0.5, 0.6) is 17.2 Å². The van der Waals surface area contributed by atoms with Crippen molar-refractivity contribution in [3.8, 4) is 22.9 Å². The van der Waals surface area contributed by atoms with Crippen LogP contribution in [0.3, 0.4) is 0 Å². The number of para-hydroxylation sites is 3. The number of ether oxygens (including phenoxy) is 3. The molecule has 4 aromatic carbocycles. The summed E-state index contributed by atoms with van der Waals surface area (Å²) in [7, 11) is 4.65. The first-order valence-electron chi connectivity index (χ1n) is 14.7. The maximum atomic E-state index is 13.7.